The Labute approximate surface area is 101 Å². The van der Waals surface area contributed by atoms with Gasteiger partial charge in [0.15, 0.2) is 0 Å². The predicted molar refractivity (Wildman–Crippen MR) is 66.1 cm³/mol. The molecule has 1 aromatic carbocycles. The van der Waals surface area contributed by atoms with Crippen LogP contribution in [0.15, 0.2) is 24.3 Å². The van der Waals surface area contributed by atoms with Gasteiger partial charge in [-0.1, -0.05) is 44.4 Å². The van der Waals surface area contributed by atoms with Crippen LogP contribution in [0.4, 0.5) is 0 Å². The summed E-state index contributed by atoms with van der Waals surface area (Å²) in [4.78, 5) is 11.0. The van der Waals surface area contributed by atoms with Crippen LogP contribution in [0.3, 0.4) is 0 Å². The molecule has 0 aromatic heterocycles. The molecule has 0 aliphatic carbocycles. The molecule has 0 fully saturated rings. The van der Waals surface area contributed by atoms with Crippen molar-refractivity contribution in [2.45, 2.75) is 38.0 Å². The van der Waals surface area contributed by atoms with Gasteiger partial charge in [0.05, 0.1) is 10.9 Å². The monoisotopic (exact) mass is 240 g/mol. The molecular formula is C13H17ClO2. The standard InChI is InChI=1S/C13H17ClO2/c1-2-3-4-9-12(14)10-7-5-6-8-11(10)13(15)16/h5-8,12H,2-4,9H2,1H3,(H,15,16). The van der Waals surface area contributed by atoms with E-state index in [-0.39, 0.29) is 5.38 Å². The van der Waals surface area contributed by atoms with Crippen molar-refractivity contribution in [2.24, 2.45) is 0 Å². The van der Waals surface area contributed by atoms with E-state index in [1.54, 1.807) is 18.2 Å². The number of halogens is 1. The minimum Gasteiger partial charge on any atom is -0.478 e. The third kappa shape index (κ3) is 3.53. The van der Waals surface area contributed by atoms with Crippen molar-refractivity contribution in [2.75, 3.05) is 0 Å². The number of rotatable bonds is 6. The fraction of sp³-hybridized carbons (Fsp3) is 0.462. The molecule has 3 heteroatoms. The summed E-state index contributed by atoms with van der Waals surface area (Å²) in [6.45, 7) is 2.13. The van der Waals surface area contributed by atoms with Crippen LogP contribution >= 0.6 is 11.6 Å². The van der Waals surface area contributed by atoms with Crippen LogP contribution in [0, 0.1) is 0 Å². The zero-order chi connectivity index (χ0) is 12.0. The van der Waals surface area contributed by atoms with E-state index in [2.05, 4.69) is 6.92 Å². The van der Waals surface area contributed by atoms with Crippen molar-refractivity contribution in [3.05, 3.63) is 35.4 Å². The number of aromatic carboxylic acids is 1. The van der Waals surface area contributed by atoms with Crippen LogP contribution in [0.5, 0.6) is 0 Å². The second kappa shape index (κ2) is 6.54. The molecule has 0 amide bonds. The lowest BCUT2D eigenvalue weighted by Gasteiger charge is -2.12. The van der Waals surface area contributed by atoms with Gasteiger partial charge >= 0.3 is 5.97 Å². The van der Waals surface area contributed by atoms with Crippen LogP contribution < -0.4 is 0 Å². The average molecular weight is 241 g/mol. The van der Waals surface area contributed by atoms with E-state index in [1.165, 1.54) is 0 Å². The smallest absolute Gasteiger partial charge is 0.336 e. The molecule has 1 rings (SSSR count). The summed E-state index contributed by atoms with van der Waals surface area (Å²) in [7, 11) is 0. The predicted octanol–water partition coefficient (Wildman–Crippen LogP) is 4.25. The highest BCUT2D eigenvalue weighted by Gasteiger charge is 2.15. The molecule has 0 spiro atoms. The van der Waals surface area contributed by atoms with Gasteiger partial charge in [-0.25, -0.2) is 4.79 Å². The number of hydrogen-bond acceptors (Lipinski definition) is 1. The molecule has 0 heterocycles. The average Bonchev–Trinajstić information content (AvgIpc) is 2.29. The maximum Gasteiger partial charge on any atom is 0.336 e. The Hall–Kier alpha value is -1.02. The molecule has 0 radical (unpaired) electrons. The summed E-state index contributed by atoms with van der Waals surface area (Å²) in [6.07, 6.45) is 4.15. The first-order chi connectivity index (χ1) is 7.66. The van der Waals surface area contributed by atoms with E-state index >= 15 is 0 Å². The number of hydrogen-bond donors (Lipinski definition) is 1. The Morgan fingerprint density at radius 2 is 2.06 bits per heavy atom. The number of unbranched alkanes of at least 4 members (excludes halogenated alkanes) is 2. The van der Waals surface area contributed by atoms with Crippen molar-refractivity contribution in [1.29, 1.82) is 0 Å². The fourth-order valence-corrected chi connectivity index (χ4v) is 2.04. The van der Waals surface area contributed by atoms with Gasteiger partial charge in [-0.3, -0.25) is 0 Å². The third-order valence-electron chi connectivity index (χ3n) is 2.59. The Balaban J connectivity index is 2.74. The molecule has 2 nitrogen and oxygen atoms in total. The molecule has 1 N–H and O–H groups in total. The van der Waals surface area contributed by atoms with Crippen molar-refractivity contribution >= 4 is 17.6 Å². The Morgan fingerprint density at radius 3 is 2.69 bits per heavy atom. The van der Waals surface area contributed by atoms with Crippen LogP contribution in [-0.2, 0) is 0 Å². The van der Waals surface area contributed by atoms with Gasteiger partial charge in [0.25, 0.3) is 0 Å². The molecule has 1 atom stereocenters. The van der Waals surface area contributed by atoms with E-state index in [0.29, 0.717) is 5.56 Å². The largest absolute Gasteiger partial charge is 0.478 e. The van der Waals surface area contributed by atoms with Gasteiger partial charge in [-0.05, 0) is 18.1 Å². The van der Waals surface area contributed by atoms with Crippen molar-refractivity contribution in [3.8, 4) is 0 Å². The van der Waals surface area contributed by atoms with E-state index in [1.807, 2.05) is 6.07 Å². The van der Waals surface area contributed by atoms with Gasteiger partial charge in [0, 0.05) is 0 Å². The van der Waals surface area contributed by atoms with E-state index < -0.39 is 5.97 Å². The first-order valence-electron chi connectivity index (χ1n) is 5.63. The van der Waals surface area contributed by atoms with Crippen LogP contribution in [0.2, 0.25) is 0 Å². The third-order valence-corrected chi connectivity index (χ3v) is 3.04. The zero-order valence-electron chi connectivity index (χ0n) is 9.45. The normalized spacial score (nSPS) is 12.4. The molecule has 0 aliphatic heterocycles. The number of carbonyl (C=O) groups is 1. The summed E-state index contributed by atoms with van der Waals surface area (Å²) in [5.74, 6) is -0.906. The van der Waals surface area contributed by atoms with Crippen molar-refractivity contribution in [1.82, 2.24) is 0 Å². The first kappa shape index (κ1) is 13.0. The number of carboxylic acid groups (broad SMARTS) is 1. The van der Waals surface area contributed by atoms with E-state index in [4.69, 9.17) is 16.7 Å². The topological polar surface area (TPSA) is 37.3 Å². The number of benzene rings is 1. The van der Waals surface area contributed by atoms with Crippen LogP contribution in [0.25, 0.3) is 0 Å². The lowest BCUT2D eigenvalue weighted by molar-refractivity contribution is 0.0695. The summed E-state index contributed by atoms with van der Waals surface area (Å²) < 4.78 is 0. The van der Waals surface area contributed by atoms with Crippen LogP contribution in [-0.4, -0.2) is 11.1 Å². The van der Waals surface area contributed by atoms with Crippen LogP contribution in [0.1, 0.15) is 53.9 Å². The highest BCUT2D eigenvalue weighted by molar-refractivity contribution is 6.21. The van der Waals surface area contributed by atoms with E-state index in [0.717, 1.165) is 31.2 Å². The van der Waals surface area contributed by atoms with E-state index in [9.17, 15) is 4.79 Å². The quantitative estimate of drug-likeness (QED) is 0.596. The number of carboxylic acids is 1. The lowest BCUT2D eigenvalue weighted by Crippen LogP contribution is -2.04. The maximum atomic E-state index is 11.0. The Kier molecular flexibility index (Phi) is 5.33. The molecule has 0 aliphatic rings. The van der Waals surface area contributed by atoms with Gasteiger partial charge < -0.3 is 5.11 Å². The zero-order valence-corrected chi connectivity index (χ0v) is 10.2. The number of alkyl halides is 1. The van der Waals surface area contributed by atoms with Gasteiger partial charge in [0.1, 0.15) is 0 Å². The summed E-state index contributed by atoms with van der Waals surface area (Å²) in [5.41, 5.74) is 1.05. The fourth-order valence-electron chi connectivity index (χ4n) is 1.69. The van der Waals surface area contributed by atoms with Crippen molar-refractivity contribution in [3.63, 3.8) is 0 Å². The highest BCUT2D eigenvalue weighted by Crippen LogP contribution is 2.29. The molecule has 1 unspecified atom stereocenters. The molecular weight excluding hydrogens is 224 g/mol. The molecule has 16 heavy (non-hydrogen) atoms. The Bertz CT molecular complexity index is 350. The second-order valence-corrected chi connectivity index (χ2v) is 4.38. The first-order valence-corrected chi connectivity index (χ1v) is 6.06. The summed E-state index contributed by atoms with van der Waals surface area (Å²) >= 11 is 6.23. The van der Waals surface area contributed by atoms with Crippen molar-refractivity contribution < 1.29 is 9.90 Å². The van der Waals surface area contributed by atoms with Gasteiger partial charge in [-0.15, -0.1) is 11.6 Å². The summed E-state index contributed by atoms with van der Waals surface area (Å²) in [6, 6.07) is 6.96. The second-order valence-electron chi connectivity index (χ2n) is 3.86. The maximum absolute atomic E-state index is 11.0. The highest BCUT2D eigenvalue weighted by atomic mass is 35.5. The Morgan fingerprint density at radius 1 is 1.38 bits per heavy atom. The molecule has 0 saturated heterocycles. The minimum absolute atomic E-state index is 0.196. The van der Waals surface area contributed by atoms with Gasteiger partial charge in [-0.2, -0.15) is 0 Å². The summed E-state index contributed by atoms with van der Waals surface area (Å²) in [5, 5.41) is 8.83. The minimum atomic E-state index is -0.906. The van der Waals surface area contributed by atoms with Gasteiger partial charge in [0.2, 0.25) is 0 Å². The molecule has 1 aromatic rings. The molecule has 0 saturated carbocycles. The molecule has 88 valence electrons. The SMILES string of the molecule is CCCCCC(Cl)c1ccccc1C(=O)O. The molecule has 0 bridgehead atoms. The lowest BCUT2D eigenvalue weighted by atomic mass is 10.0.